The van der Waals surface area contributed by atoms with E-state index in [0.29, 0.717) is 5.75 Å². The largest absolute Gasteiger partial charge is 0.487 e. The Morgan fingerprint density at radius 1 is 1.41 bits per heavy atom. The number of nitrogens with one attached hydrogen (secondary N) is 1. The molecule has 0 saturated heterocycles. The molecule has 0 atom stereocenters. The van der Waals surface area contributed by atoms with Gasteiger partial charge in [-0.05, 0) is 22.0 Å². The van der Waals surface area contributed by atoms with Crippen molar-refractivity contribution in [3.05, 3.63) is 39.6 Å². The molecule has 2 rings (SSSR count). The fraction of sp³-hybridized carbons (Fsp3) is 0.100. The molecule has 1 N–H and O–H groups in total. The Labute approximate surface area is 105 Å². The van der Waals surface area contributed by atoms with Gasteiger partial charge in [0.25, 0.3) is 11.4 Å². The lowest BCUT2D eigenvalue weighted by atomic mass is 10.4. The molecular weight excluding hydrogens is 290 g/mol. The number of nitrogens with zero attached hydrogens (tertiary/aromatic N) is 2. The van der Waals surface area contributed by atoms with Crippen LogP contribution < -0.4 is 15.0 Å². The molecule has 0 aliphatic heterocycles. The van der Waals surface area contributed by atoms with E-state index in [4.69, 9.17) is 9.47 Å². The zero-order valence-corrected chi connectivity index (χ0v) is 10.4. The molecule has 0 spiro atoms. The summed E-state index contributed by atoms with van der Waals surface area (Å²) in [5, 5.41) is 0. The van der Waals surface area contributed by atoms with E-state index < -0.39 is 5.56 Å². The first-order valence-corrected chi connectivity index (χ1v) is 5.40. The van der Waals surface area contributed by atoms with Crippen molar-refractivity contribution in [2.45, 2.75) is 0 Å². The number of halogens is 1. The number of aromatic amines is 1. The maximum Gasteiger partial charge on any atom is 0.297 e. The van der Waals surface area contributed by atoms with Gasteiger partial charge in [0.15, 0.2) is 0 Å². The van der Waals surface area contributed by atoms with Crippen molar-refractivity contribution in [1.82, 2.24) is 15.0 Å². The third-order valence-electron chi connectivity index (χ3n) is 1.88. The summed E-state index contributed by atoms with van der Waals surface area (Å²) < 4.78 is 11.1. The molecule has 0 fully saturated rings. The van der Waals surface area contributed by atoms with Crippen molar-refractivity contribution >= 4 is 15.9 Å². The van der Waals surface area contributed by atoms with Gasteiger partial charge in [0.2, 0.25) is 5.75 Å². The summed E-state index contributed by atoms with van der Waals surface area (Å²) in [6, 6.07) is 1.70. The predicted molar refractivity (Wildman–Crippen MR) is 63.4 cm³/mol. The second kappa shape index (κ2) is 4.96. The molecule has 0 saturated carbocycles. The van der Waals surface area contributed by atoms with Crippen LogP contribution in [0.15, 0.2) is 34.1 Å². The van der Waals surface area contributed by atoms with E-state index in [1.54, 1.807) is 12.3 Å². The van der Waals surface area contributed by atoms with Gasteiger partial charge in [0.1, 0.15) is 5.75 Å². The van der Waals surface area contributed by atoms with Crippen molar-refractivity contribution in [3.63, 3.8) is 0 Å². The molecule has 0 amide bonds. The molecule has 17 heavy (non-hydrogen) atoms. The Bertz CT molecular complexity index is 585. The first kappa shape index (κ1) is 11.6. The third kappa shape index (κ3) is 2.62. The molecule has 0 aliphatic rings. The van der Waals surface area contributed by atoms with Crippen LogP contribution in [0.3, 0.4) is 0 Å². The summed E-state index contributed by atoms with van der Waals surface area (Å²) in [6.45, 7) is 0. The van der Waals surface area contributed by atoms with Crippen LogP contribution in [0.2, 0.25) is 0 Å². The van der Waals surface area contributed by atoms with E-state index in [2.05, 4.69) is 30.9 Å². The normalized spacial score (nSPS) is 10.0. The summed E-state index contributed by atoms with van der Waals surface area (Å²) >= 11 is 3.26. The lowest BCUT2D eigenvalue weighted by Crippen LogP contribution is -2.10. The highest BCUT2D eigenvalue weighted by atomic mass is 79.9. The molecular formula is C10H8BrN3O3. The van der Waals surface area contributed by atoms with Crippen LogP contribution in [0, 0.1) is 0 Å². The Hall–Kier alpha value is -1.89. The number of ether oxygens (including phenoxy) is 2. The van der Waals surface area contributed by atoms with Gasteiger partial charge >= 0.3 is 0 Å². The lowest BCUT2D eigenvalue weighted by molar-refractivity contribution is 0.362. The van der Waals surface area contributed by atoms with Crippen LogP contribution in [0.25, 0.3) is 0 Å². The highest BCUT2D eigenvalue weighted by molar-refractivity contribution is 9.10. The molecule has 0 radical (unpaired) electrons. The molecule has 0 unspecified atom stereocenters. The fourth-order valence-corrected chi connectivity index (χ4v) is 1.53. The Kier molecular flexibility index (Phi) is 3.38. The fourth-order valence-electron chi connectivity index (χ4n) is 1.18. The SMILES string of the molecule is COc1c(Oc2cncc(Br)c2)nc[nH]c1=O. The van der Waals surface area contributed by atoms with Crippen LogP contribution in [0.1, 0.15) is 0 Å². The molecule has 6 nitrogen and oxygen atoms in total. The topological polar surface area (TPSA) is 77.1 Å². The number of H-pyrrole nitrogens is 1. The highest BCUT2D eigenvalue weighted by Crippen LogP contribution is 2.26. The van der Waals surface area contributed by atoms with Gasteiger partial charge in [0, 0.05) is 10.7 Å². The molecule has 2 aromatic rings. The highest BCUT2D eigenvalue weighted by Gasteiger charge is 2.11. The quantitative estimate of drug-likeness (QED) is 0.933. The first-order chi connectivity index (χ1) is 8.20. The van der Waals surface area contributed by atoms with Gasteiger partial charge in [-0.25, -0.2) is 4.98 Å². The van der Waals surface area contributed by atoms with E-state index in [9.17, 15) is 4.79 Å². The molecule has 2 aromatic heterocycles. The number of methoxy groups -OCH3 is 1. The minimum Gasteiger partial charge on any atom is -0.487 e. The van der Waals surface area contributed by atoms with Crippen molar-refractivity contribution in [2.24, 2.45) is 0 Å². The Morgan fingerprint density at radius 2 is 2.24 bits per heavy atom. The standard InChI is InChI=1S/C10H8BrN3O3/c1-16-8-9(15)13-5-14-10(8)17-7-2-6(11)3-12-4-7/h2-5H,1H3,(H,13,14,15). The minimum atomic E-state index is -0.402. The van der Waals surface area contributed by atoms with Crippen LogP contribution in [0.5, 0.6) is 17.4 Å². The smallest absolute Gasteiger partial charge is 0.297 e. The molecule has 0 bridgehead atoms. The number of pyridine rings is 1. The van der Waals surface area contributed by atoms with Gasteiger partial charge in [-0.3, -0.25) is 9.78 Å². The number of rotatable bonds is 3. The Morgan fingerprint density at radius 3 is 2.94 bits per heavy atom. The minimum absolute atomic E-state index is 0.0208. The van der Waals surface area contributed by atoms with Crippen LogP contribution in [-0.4, -0.2) is 22.1 Å². The van der Waals surface area contributed by atoms with Crippen molar-refractivity contribution < 1.29 is 9.47 Å². The average molecular weight is 298 g/mol. The van der Waals surface area contributed by atoms with Crippen LogP contribution in [-0.2, 0) is 0 Å². The van der Waals surface area contributed by atoms with Gasteiger partial charge in [0.05, 0.1) is 19.6 Å². The zero-order valence-electron chi connectivity index (χ0n) is 8.81. The van der Waals surface area contributed by atoms with E-state index in [1.807, 2.05) is 0 Å². The van der Waals surface area contributed by atoms with Gasteiger partial charge < -0.3 is 14.5 Å². The first-order valence-electron chi connectivity index (χ1n) is 4.61. The Balaban J connectivity index is 2.36. The molecule has 7 heteroatoms. The number of aromatic nitrogens is 3. The summed E-state index contributed by atoms with van der Waals surface area (Å²) in [6.07, 6.45) is 4.37. The van der Waals surface area contributed by atoms with E-state index in [-0.39, 0.29) is 11.6 Å². The summed E-state index contributed by atoms with van der Waals surface area (Å²) in [5.74, 6) is 0.569. The summed E-state index contributed by atoms with van der Waals surface area (Å²) in [5.41, 5.74) is -0.402. The zero-order chi connectivity index (χ0) is 12.3. The van der Waals surface area contributed by atoms with Gasteiger partial charge in [-0.15, -0.1) is 0 Å². The molecule has 2 heterocycles. The maximum atomic E-state index is 11.4. The van der Waals surface area contributed by atoms with Gasteiger partial charge in [-0.1, -0.05) is 0 Å². The van der Waals surface area contributed by atoms with Crippen LogP contribution in [0.4, 0.5) is 0 Å². The van der Waals surface area contributed by atoms with Crippen LogP contribution >= 0.6 is 15.9 Å². The monoisotopic (exact) mass is 297 g/mol. The second-order valence-corrected chi connectivity index (χ2v) is 3.93. The molecule has 0 aromatic carbocycles. The summed E-state index contributed by atoms with van der Waals surface area (Å²) in [4.78, 5) is 21.6. The van der Waals surface area contributed by atoms with Gasteiger partial charge in [-0.2, -0.15) is 0 Å². The molecule has 88 valence electrons. The summed E-state index contributed by atoms with van der Waals surface area (Å²) in [7, 11) is 1.37. The number of hydrogen-bond acceptors (Lipinski definition) is 5. The van der Waals surface area contributed by atoms with E-state index in [0.717, 1.165) is 4.47 Å². The average Bonchev–Trinajstić information content (AvgIpc) is 2.29. The second-order valence-electron chi connectivity index (χ2n) is 3.01. The predicted octanol–water partition coefficient (Wildman–Crippen LogP) is 1.73. The van der Waals surface area contributed by atoms with Crippen molar-refractivity contribution in [3.8, 4) is 17.4 Å². The van der Waals surface area contributed by atoms with E-state index >= 15 is 0 Å². The van der Waals surface area contributed by atoms with Crippen molar-refractivity contribution in [1.29, 1.82) is 0 Å². The van der Waals surface area contributed by atoms with Crippen molar-refractivity contribution in [2.75, 3.05) is 7.11 Å². The molecule has 0 aliphatic carbocycles. The number of hydrogen-bond donors (Lipinski definition) is 1. The lowest BCUT2D eigenvalue weighted by Gasteiger charge is -2.07. The maximum absolute atomic E-state index is 11.4. The third-order valence-corrected chi connectivity index (χ3v) is 2.31. The van der Waals surface area contributed by atoms with E-state index in [1.165, 1.54) is 19.6 Å².